The number of allylic oxidation sites excluding steroid dienone is 4. The lowest BCUT2D eigenvalue weighted by atomic mass is 10.0. The molecule has 3 N–H and O–H groups in total. The standard InChI is InChI=1S/C15H14O4/c16-13-4-2-1-3-12(13)14(17)6-5-11-7-9-15(18,19)10-8-11/h1-9,16,18-19H,10H2. The number of carbonyl (C=O) groups is 1. The zero-order valence-electron chi connectivity index (χ0n) is 10.2. The molecule has 0 fully saturated rings. The zero-order chi connectivity index (χ0) is 13.9. The third-order valence-corrected chi connectivity index (χ3v) is 2.78. The second-order valence-electron chi connectivity index (χ2n) is 4.33. The van der Waals surface area contributed by atoms with Crippen molar-refractivity contribution in [3.63, 3.8) is 0 Å². The Kier molecular flexibility index (Phi) is 3.64. The predicted molar refractivity (Wildman–Crippen MR) is 70.6 cm³/mol. The number of para-hydroxylation sites is 1. The monoisotopic (exact) mass is 258 g/mol. The largest absolute Gasteiger partial charge is 0.507 e. The molecular formula is C15H14O4. The van der Waals surface area contributed by atoms with Gasteiger partial charge in [0.05, 0.1) is 5.56 Å². The molecule has 4 nitrogen and oxygen atoms in total. The van der Waals surface area contributed by atoms with Gasteiger partial charge in [0.1, 0.15) is 5.75 Å². The van der Waals surface area contributed by atoms with E-state index in [4.69, 9.17) is 0 Å². The van der Waals surface area contributed by atoms with Crippen LogP contribution in [0, 0.1) is 0 Å². The molecular weight excluding hydrogens is 244 g/mol. The number of rotatable bonds is 3. The fourth-order valence-electron chi connectivity index (χ4n) is 1.70. The zero-order valence-corrected chi connectivity index (χ0v) is 10.2. The van der Waals surface area contributed by atoms with Gasteiger partial charge in [-0.2, -0.15) is 0 Å². The van der Waals surface area contributed by atoms with Crippen LogP contribution in [0.25, 0.3) is 0 Å². The summed E-state index contributed by atoms with van der Waals surface area (Å²) in [6, 6.07) is 6.31. The third kappa shape index (κ3) is 3.40. The summed E-state index contributed by atoms with van der Waals surface area (Å²) < 4.78 is 0. The molecule has 0 atom stereocenters. The van der Waals surface area contributed by atoms with Crippen LogP contribution in [0.1, 0.15) is 16.8 Å². The van der Waals surface area contributed by atoms with Crippen LogP contribution in [-0.2, 0) is 0 Å². The van der Waals surface area contributed by atoms with Crippen molar-refractivity contribution in [2.45, 2.75) is 12.2 Å². The van der Waals surface area contributed by atoms with E-state index in [1.807, 2.05) is 0 Å². The summed E-state index contributed by atoms with van der Waals surface area (Å²) in [5.41, 5.74) is 0.945. The second-order valence-corrected chi connectivity index (χ2v) is 4.33. The molecule has 0 radical (unpaired) electrons. The molecule has 0 heterocycles. The van der Waals surface area contributed by atoms with E-state index in [9.17, 15) is 20.1 Å². The molecule has 0 aromatic heterocycles. The fraction of sp³-hybridized carbons (Fsp3) is 0.133. The topological polar surface area (TPSA) is 77.8 Å². The van der Waals surface area contributed by atoms with E-state index in [1.54, 1.807) is 30.4 Å². The lowest BCUT2D eigenvalue weighted by molar-refractivity contribution is -0.115. The molecule has 0 unspecified atom stereocenters. The van der Waals surface area contributed by atoms with Crippen LogP contribution in [0.15, 0.2) is 60.2 Å². The number of carbonyl (C=O) groups excluding carboxylic acids is 1. The number of benzene rings is 1. The Morgan fingerprint density at radius 1 is 1.26 bits per heavy atom. The van der Waals surface area contributed by atoms with Gasteiger partial charge in [-0.15, -0.1) is 0 Å². The summed E-state index contributed by atoms with van der Waals surface area (Å²) in [7, 11) is 0. The van der Waals surface area contributed by atoms with E-state index in [1.165, 1.54) is 24.3 Å². The number of hydrogen-bond acceptors (Lipinski definition) is 4. The van der Waals surface area contributed by atoms with Crippen molar-refractivity contribution in [2.75, 3.05) is 0 Å². The van der Waals surface area contributed by atoms with Gasteiger partial charge in [0.2, 0.25) is 0 Å². The minimum absolute atomic E-state index is 0.0601. The first kappa shape index (κ1) is 13.3. The van der Waals surface area contributed by atoms with Crippen molar-refractivity contribution in [3.05, 3.63) is 65.8 Å². The Labute approximate surface area is 110 Å². The number of phenolic OH excluding ortho intramolecular Hbond substituents is 1. The Morgan fingerprint density at radius 2 is 2.00 bits per heavy atom. The lowest BCUT2D eigenvalue weighted by Gasteiger charge is -2.18. The van der Waals surface area contributed by atoms with Gasteiger partial charge in [-0.25, -0.2) is 0 Å². The van der Waals surface area contributed by atoms with Crippen LogP contribution in [-0.4, -0.2) is 26.9 Å². The molecule has 98 valence electrons. The van der Waals surface area contributed by atoms with Crippen molar-refractivity contribution < 1.29 is 20.1 Å². The van der Waals surface area contributed by atoms with Gasteiger partial charge in [-0.3, -0.25) is 4.79 Å². The first-order chi connectivity index (χ1) is 8.98. The van der Waals surface area contributed by atoms with Crippen LogP contribution in [0.5, 0.6) is 5.75 Å². The number of ketones is 1. The molecule has 1 aromatic rings. The Morgan fingerprint density at radius 3 is 2.63 bits per heavy atom. The normalized spacial score (nSPS) is 17.5. The molecule has 0 aliphatic heterocycles. The quantitative estimate of drug-likeness (QED) is 0.438. The van der Waals surface area contributed by atoms with E-state index >= 15 is 0 Å². The summed E-state index contributed by atoms with van der Waals surface area (Å²) in [6.07, 6.45) is 7.39. The molecule has 2 rings (SSSR count). The maximum Gasteiger partial charge on any atom is 0.189 e. The van der Waals surface area contributed by atoms with E-state index in [0.29, 0.717) is 5.57 Å². The van der Waals surface area contributed by atoms with Gasteiger partial charge in [-0.1, -0.05) is 30.4 Å². The molecule has 0 saturated carbocycles. The van der Waals surface area contributed by atoms with Crippen molar-refractivity contribution in [1.29, 1.82) is 0 Å². The molecule has 0 saturated heterocycles. The number of phenols is 1. The highest BCUT2D eigenvalue weighted by Crippen LogP contribution is 2.20. The lowest BCUT2D eigenvalue weighted by Crippen LogP contribution is -2.25. The van der Waals surface area contributed by atoms with Crippen LogP contribution < -0.4 is 0 Å². The summed E-state index contributed by atoms with van der Waals surface area (Å²) >= 11 is 0. The Balaban J connectivity index is 2.09. The average molecular weight is 258 g/mol. The highest BCUT2D eigenvalue weighted by atomic mass is 16.5. The molecule has 4 heteroatoms. The third-order valence-electron chi connectivity index (χ3n) is 2.78. The van der Waals surface area contributed by atoms with E-state index in [-0.39, 0.29) is 23.5 Å². The second kappa shape index (κ2) is 5.22. The molecule has 0 bridgehead atoms. The first-order valence-electron chi connectivity index (χ1n) is 5.82. The number of aliphatic hydroxyl groups is 2. The van der Waals surface area contributed by atoms with E-state index in [2.05, 4.69) is 0 Å². The highest BCUT2D eigenvalue weighted by molar-refractivity contribution is 6.06. The number of aromatic hydroxyl groups is 1. The SMILES string of the molecule is O=C(C=CC1=CCC(O)(O)C=C1)c1ccccc1O. The molecule has 0 amide bonds. The maximum absolute atomic E-state index is 11.8. The minimum Gasteiger partial charge on any atom is -0.507 e. The van der Waals surface area contributed by atoms with Gasteiger partial charge in [0, 0.05) is 6.42 Å². The smallest absolute Gasteiger partial charge is 0.189 e. The summed E-state index contributed by atoms with van der Waals surface area (Å²) in [5, 5.41) is 28.1. The maximum atomic E-state index is 11.8. The van der Waals surface area contributed by atoms with Gasteiger partial charge >= 0.3 is 0 Å². The summed E-state index contributed by atoms with van der Waals surface area (Å²) in [4.78, 5) is 11.8. The highest BCUT2D eigenvalue weighted by Gasteiger charge is 2.19. The molecule has 1 aliphatic rings. The van der Waals surface area contributed by atoms with Crippen molar-refractivity contribution in [2.24, 2.45) is 0 Å². The van der Waals surface area contributed by atoms with Crippen LogP contribution in [0.2, 0.25) is 0 Å². The fourth-order valence-corrected chi connectivity index (χ4v) is 1.70. The van der Waals surface area contributed by atoms with Gasteiger partial charge in [-0.05, 0) is 29.9 Å². The Hall–Kier alpha value is -2.17. The van der Waals surface area contributed by atoms with Crippen LogP contribution in [0.3, 0.4) is 0 Å². The van der Waals surface area contributed by atoms with Crippen molar-refractivity contribution in [3.8, 4) is 5.75 Å². The molecule has 19 heavy (non-hydrogen) atoms. The average Bonchev–Trinajstić information content (AvgIpc) is 2.38. The van der Waals surface area contributed by atoms with Gasteiger partial charge in [0.15, 0.2) is 11.6 Å². The molecule has 0 spiro atoms. The summed E-state index contributed by atoms with van der Waals surface area (Å²) in [5.74, 6) is -2.17. The van der Waals surface area contributed by atoms with Gasteiger partial charge in [0.25, 0.3) is 0 Å². The number of hydrogen-bond donors (Lipinski definition) is 3. The first-order valence-corrected chi connectivity index (χ1v) is 5.82. The molecule has 1 aliphatic carbocycles. The van der Waals surface area contributed by atoms with Gasteiger partial charge < -0.3 is 15.3 Å². The van der Waals surface area contributed by atoms with E-state index < -0.39 is 5.79 Å². The van der Waals surface area contributed by atoms with Crippen LogP contribution in [0.4, 0.5) is 0 Å². The predicted octanol–water partition coefficient (Wildman–Crippen LogP) is 1.70. The van der Waals surface area contributed by atoms with Crippen LogP contribution >= 0.6 is 0 Å². The van der Waals surface area contributed by atoms with Crippen molar-refractivity contribution in [1.82, 2.24) is 0 Å². The van der Waals surface area contributed by atoms with E-state index in [0.717, 1.165) is 0 Å². The van der Waals surface area contributed by atoms with Crippen molar-refractivity contribution >= 4 is 5.78 Å². The molecule has 1 aromatic carbocycles. The summed E-state index contributed by atoms with van der Waals surface area (Å²) in [6.45, 7) is 0. The Bertz CT molecular complexity index is 580. The minimum atomic E-state index is -1.81.